The van der Waals surface area contributed by atoms with Crippen LogP contribution in [0.15, 0.2) is 6.07 Å². The Hall–Kier alpha value is -1.83. The number of nitrogens with one attached hydrogen (secondary N) is 1. The van der Waals surface area contributed by atoms with E-state index in [0.29, 0.717) is 13.0 Å². The predicted octanol–water partition coefficient (Wildman–Crippen LogP) is 2.99. The van der Waals surface area contributed by atoms with Gasteiger partial charge in [-0.05, 0) is 19.8 Å². The van der Waals surface area contributed by atoms with E-state index in [-0.39, 0.29) is 0 Å². The SMILES string of the molecule is CCCNc1cc(N(CC)CCC#N)nc(CCC)n1. The summed E-state index contributed by atoms with van der Waals surface area (Å²) in [6.45, 7) is 8.81. The molecule has 0 fully saturated rings. The van der Waals surface area contributed by atoms with Gasteiger partial charge in [0.05, 0.1) is 12.5 Å². The van der Waals surface area contributed by atoms with Crippen LogP contribution < -0.4 is 10.2 Å². The van der Waals surface area contributed by atoms with Crippen LogP contribution in [0.4, 0.5) is 11.6 Å². The molecule has 0 saturated carbocycles. The van der Waals surface area contributed by atoms with Crippen LogP contribution in [0.2, 0.25) is 0 Å². The van der Waals surface area contributed by atoms with Gasteiger partial charge in [0, 0.05) is 32.1 Å². The zero-order valence-electron chi connectivity index (χ0n) is 12.8. The highest BCUT2D eigenvalue weighted by Gasteiger charge is 2.10. The summed E-state index contributed by atoms with van der Waals surface area (Å²) in [4.78, 5) is 11.3. The van der Waals surface area contributed by atoms with Gasteiger partial charge in [-0.3, -0.25) is 0 Å². The van der Waals surface area contributed by atoms with Crippen LogP contribution >= 0.6 is 0 Å². The number of hydrogen-bond donors (Lipinski definition) is 1. The van der Waals surface area contributed by atoms with Crippen molar-refractivity contribution in [1.82, 2.24) is 9.97 Å². The second-order valence-corrected chi connectivity index (χ2v) is 4.69. The lowest BCUT2D eigenvalue weighted by Crippen LogP contribution is -2.25. The quantitative estimate of drug-likeness (QED) is 0.750. The monoisotopic (exact) mass is 275 g/mol. The molecule has 0 saturated heterocycles. The van der Waals surface area contributed by atoms with E-state index in [4.69, 9.17) is 5.26 Å². The van der Waals surface area contributed by atoms with Crippen LogP contribution in [0.5, 0.6) is 0 Å². The Morgan fingerprint density at radius 1 is 1.25 bits per heavy atom. The largest absolute Gasteiger partial charge is 0.370 e. The molecule has 0 amide bonds. The maximum atomic E-state index is 8.75. The minimum absolute atomic E-state index is 0.513. The van der Waals surface area contributed by atoms with Gasteiger partial charge in [0.15, 0.2) is 0 Å². The van der Waals surface area contributed by atoms with E-state index in [9.17, 15) is 0 Å². The molecule has 20 heavy (non-hydrogen) atoms. The fourth-order valence-electron chi connectivity index (χ4n) is 1.94. The topological polar surface area (TPSA) is 64.8 Å². The molecule has 0 aromatic carbocycles. The van der Waals surface area contributed by atoms with E-state index >= 15 is 0 Å². The summed E-state index contributed by atoms with van der Waals surface area (Å²) in [5, 5.41) is 12.1. The summed E-state index contributed by atoms with van der Waals surface area (Å²) < 4.78 is 0. The third-order valence-corrected chi connectivity index (χ3v) is 2.99. The molecule has 1 aromatic rings. The van der Waals surface area contributed by atoms with Gasteiger partial charge in [-0.1, -0.05) is 13.8 Å². The summed E-state index contributed by atoms with van der Waals surface area (Å²) >= 11 is 0. The maximum absolute atomic E-state index is 8.75. The average Bonchev–Trinajstić information content (AvgIpc) is 2.46. The molecule has 0 spiro atoms. The van der Waals surface area contributed by atoms with Gasteiger partial charge in [0.25, 0.3) is 0 Å². The molecule has 0 bridgehead atoms. The van der Waals surface area contributed by atoms with E-state index in [1.807, 2.05) is 6.07 Å². The molecule has 1 aromatic heterocycles. The summed E-state index contributed by atoms with van der Waals surface area (Å²) in [7, 11) is 0. The molecule has 110 valence electrons. The summed E-state index contributed by atoms with van der Waals surface area (Å²) in [6, 6.07) is 4.17. The van der Waals surface area contributed by atoms with Crippen molar-refractivity contribution in [3.8, 4) is 6.07 Å². The molecular formula is C15H25N5. The Labute approximate surface area is 122 Å². The predicted molar refractivity (Wildman–Crippen MR) is 82.9 cm³/mol. The van der Waals surface area contributed by atoms with Crippen molar-refractivity contribution in [2.45, 2.75) is 46.5 Å². The van der Waals surface area contributed by atoms with Crippen LogP contribution in [-0.2, 0) is 6.42 Å². The number of aromatic nitrogens is 2. The molecule has 0 atom stereocenters. The zero-order chi connectivity index (χ0) is 14.8. The molecule has 0 unspecified atom stereocenters. The van der Waals surface area contributed by atoms with E-state index < -0.39 is 0 Å². The van der Waals surface area contributed by atoms with Crippen LogP contribution in [-0.4, -0.2) is 29.6 Å². The van der Waals surface area contributed by atoms with Crippen molar-refractivity contribution in [3.63, 3.8) is 0 Å². The third-order valence-electron chi connectivity index (χ3n) is 2.99. The van der Waals surface area contributed by atoms with Crippen LogP contribution in [0.1, 0.15) is 45.9 Å². The number of nitriles is 1. The molecule has 1 N–H and O–H groups in total. The summed E-state index contributed by atoms with van der Waals surface area (Å²) in [6.07, 6.45) is 3.48. The number of aryl methyl sites for hydroxylation is 1. The van der Waals surface area contributed by atoms with Gasteiger partial charge < -0.3 is 10.2 Å². The molecule has 5 heteroatoms. The first-order chi connectivity index (χ1) is 9.74. The van der Waals surface area contributed by atoms with E-state index in [1.54, 1.807) is 0 Å². The van der Waals surface area contributed by atoms with E-state index in [1.165, 1.54) is 0 Å². The Balaban J connectivity index is 2.96. The van der Waals surface area contributed by atoms with Crippen molar-refractivity contribution >= 4 is 11.6 Å². The lowest BCUT2D eigenvalue weighted by Gasteiger charge is -2.22. The average molecular weight is 275 g/mol. The second-order valence-electron chi connectivity index (χ2n) is 4.69. The standard InChI is InChI=1S/C15H25N5/c1-4-8-13-18-14(17-10-5-2)12-15(19-13)20(6-3)11-7-9-16/h12H,4-8,10-11H2,1-3H3,(H,17,18,19). The normalized spacial score (nSPS) is 10.1. The molecule has 0 aliphatic rings. The smallest absolute Gasteiger partial charge is 0.134 e. The Morgan fingerprint density at radius 3 is 2.65 bits per heavy atom. The number of anilines is 2. The lowest BCUT2D eigenvalue weighted by molar-refractivity contribution is 0.779. The maximum Gasteiger partial charge on any atom is 0.134 e. The first kappa shape index (κ1) is 16.2. The summed E-state index contributed by atoms with van der Waals surface area (Å²) in [5.41, 5.74) is 0. The molecule has 1 rings (SSSR count). The Morgan fingerprint density at radius 2 is 2.05 bits per heavy atom. The highest BCUT2D eigenvalue weighted by atomic mass is 15.2. The number of rotatable bonds is 9. The minimum atomic E-state index is 0.513. The van der Waals surface area contributed by atoms with Crippen LogP contribution in [0.3, 0.4) is 0 Å². The molecular weight excluding hydrogens is 250 g/mol. The van der Waals surface area contributed by atoms with Gasteiger partial charge >= 0.3 is 0 Å². The van der Waals surface area contributed by atoms with E-state index in [0.717, 1.165) is 49.8 Å². The fraction of sp³-hybridized carbons (Fsp3) is 0.667. The summed E-state index contributed by atoms with van der Waals surface area (Å²) in [5.74, 6) is 2.68. The zero-order valence-corrected chi connectivity index (χ0v) is 12.8. The van der Waals surface area contributed by atoms with Gasteiger partial charge in [-0.25, -0.2) is 9.97 Å². The van der Waals surface area contributed by atoms with E-state index in [2.05, 4.69) is 47.0 Å². The first-order valence-electron chi connectivity index (χ1n) is 7.48. The van der Waals surface area contributed by atoms with Crippen LogP contribution in [0.25, 0.3) is 0 Å². The van der Waals surface area contributed by atoms with Gasteiger partial charge in [-0.15, -0.1) is 0 Å². The van der Waals surface area contributed by atoms with Gasteiger partial charge in [0.1, 0.15) is 17.5 Å². The Kier molecular flexibility index (Phi) is 7.41. The molecule has 0 radical (unpaired) electrons. The number of hydrogen-bond acceptors (Lipinski definition) is 5. The van der Waals surface area contributed by atoms with Gasteiger partial charge in [0.2, 0.25) is 0 Å². The number of nitrogens with zero attached hydrogens (tertiary/aromatic N) is 4. The third kappa shape index (κ3) is 5.04. The van der Waals surface area contributed by atoms with Crippen molar-refractivity contribution in [2.75, 3.05) is 29.9 Å². The lowest BCUT2D eigenvalue weighted by atomic mass is 10.3. The molecule has 0 aliphatic heterocycles. The minimum Gasteiger partial charge on any atom is -0.370 e. The van der Waals surface area contributed by atoms with Gasteiger partial charge in [-0.2, -0.15) is 5.26 Å². The molecule has 0 aliphatic carbocycles. The van der Waals surface area contributed by atoms with Crippen molar-refractivity contribution < 1.29 is 0 Å². The van der Waals surface area contributed by atoms with Crippen molar-refractivity contribution in [2.24, 2.45) is 0 Å². The second kappa shape index (κ2) is 9.13. The highest BCUT2D eigenvalue weighted by Crippen LogP contribution is 2.17. The highest BCUT2D eigenvalue weighted by molar-refractivity contribution is 5.49. The first-order valence-corrected chi connectivity index (χ1v) is 7.48. The molecule has 5 nitrogen and oxygen atoms in total. The van der Waals surface area contributed by atoms with Crippen LogP contribution in [0, 0.1) is 11.3 Å². The van der Waals surface area contributed by atoms with Crippen molar-refractivity contribution in [1.29, 1.82) is 5.26 Å². The fourth-order valence-corrected chi connectivity index (χ4v) is 1.94. The van der Waals surface area contributed by atoms with Crippen molar-refractivity contribution in [3.05, 3.63) is 11.9 Å². The molecule has 1 heterocycles. The Bertz CT molecular complexity index is 438.